The second-order valence-electron chi connectivity index (χ2n) is 7.05. The van der Waals surface area contributed by atoms with Crippen molar-refractivity contribution in [1.29, 1.82) is 0 Å². The van der Waals surface area contributed by atoms with Gasteiger partial charge in [0.05, 0.1) is 5.69 Å². The van der Waals surface area contributed by atoms with Crippen molar-refractivity contribution in [3.8, 4) is 0 Å². The number of allylic oxidation sites excluding steroid dienone is 4. The van der Waals surface area contributed by atoms with Crippen LogP contribution in [0, 0.1) is 5.41 Å². The molecule has 0 unspecified atom stereocenters. The van der Waals surface area contributed by atoms with Gasteiger partial charge in [0.25, 0.3) is 0 Å². The van der Waals surface area contributed by atoms with Gasteiger partial charge < -0.3 is 5.32 Å². The molecule has 0 fully saturated rings. The molecule has 0 aliphatic carbocycles. The quantitative estimate of drug-likeness (QED) is 0.570. The highest BCUT2D eigenvalue weighted by atomic mass is 16.2. The third-order valence-electron chi connectivity index (χ3n) is 4.54. The summed E-state index contributed by atoms with van der Waals surface area (Å²) >= 11 is 0. The second-order valence-corrected chi connectivity index (χ2v) is 7.05. The van der Waals surface area contributed by atoms with Crippen molar-refractivity contribution in [1.82, 2.24) is 0 Å². The minimum atomic E-state index is -0.966. The fourth-order valence-corrected chi connectivity index (χ4v) is 3.19. The minimum absolute atomic E-state index is 0.0360. The normalized spacial score (nSPS) is 15.3. The molecule has 1 aromatic carbocycles. The molecule has 0 saturated carbocycles. The molecule has 0 aromatic heterocycles. The number of Topliss-reactive ketones (excluding diaryl/α,β-unsaturated/α-hetero) is 1. The monoisotopic (exact) mass is 325 g/mol. The average Bonchev–Trinajstić information content (AvgIpc) is 2.51. The second kappa shape index (κ2) is 7.61. The Hall–Kier alpha value is -2.16. The molecule has 0 bridgehead atoms. The molecule has 1 aliphatic rings. The first-order valence-electron chi connectivity index (χ1n) is 8.59. The maximum Gasteiger partial charge on any atom is 0.238 e. The Morgan fingerprint density at radius 1 is 0.958 bits per heavy atom. The average molecular weight is 325 g/mol. The van der Waals surface area contributed by atoms with E-state index in [1.165, 1.54) is 11.1 Å². The smallest absolute Gasteiger partial charge is 0.238 e. The molecular formula is C21H27NO2. The third kappa shape index (κ3) is 3.84. The van der Waals surface area contributed by atoms with Crippen molar-refractivity contribution in [2.24, 2.45) is 5.41 Å². The van der Waals surface area contributed by atoms with Crippen molar-refractivity contribution in [2.75, 3.05) is 5.32 Å². The van der Waals surface area contributed by atoms with Gasteiger partial charge in [-0.05, 0) is 65.5 Å². The number of fused-ring (bicyclic) bond motifs is 1. The summed E-state index contributed by atoms with van der Waals surface area (Å²) in [6.07, 6.45) is 6.77. The van der Waals surface area contributed by atoms with Crippen LogP contribution in [0.1, 0.15) is 63.7 Å². The third-order valence-corrected chi connectivity index (χ3v) is 4.54. The van der Waals surface area contributed by atoms with E-state index in [0.29, 0.717) is 24.1 Å². The fraction of sp³-hybridized carbons (Fsp3) is 0.429. The van der Waals surface area contributed by atoms with Gasteiger partial charge in [-0.3, -0.25) is 9.59 Å². The predicted molar refractivity (Wildman–Crippen MR) is 99.2 cm³/mol. The van der Waals surface area contributed by atoms with Crippen LogP contribution in [0.25, 0.3) is 0 Å². The highest BCUT2D eigenvalue weighted by Gasteiger charge is 2.48. The number of para-hydroxylation sites is 1. The first kappa shape index (κ1) is 18.2. The lowest BCUT2D eigenvalue weighted by Crippen LogP contribution is -2.47. The Morgan fingerprint density at radius 3 is 2.04 bits per heavy atom. The van der Waals surface area contributed by atoms with E-state index in [2.05, 4.69) is 17.5 Å². The van der Waals surface area contributed by atoms with Crippen LogP contribution in [0.3, 0.4) is 0 Å². The highest BCUT2D eigenvalue weighted by Crippen LogP contribution is 2.41. The summed E-state index contributed by atoms with van der Waals surface area (Å²) in [5.41, 5.74) is 2.71. The molecule has 1 amide bonds. The Kier molecular flexibility index (Phi) is 5.76. The van der Waals surface area contributed by atoms with Gasteiger partial charge in [-0.15, -0.1) is 0 Å². The Morgan fingerprint density at radius 2 is 1.50 bits per heavy atom. The lowest BCUT2D eigenvalue weighted by Gasteiger charge is -2.35. The zero-order valence-corrected chi connectivity index (χ0v) is 15.1. The molecule has 1 heterocycles. The van der Waals surface area contributed by atoms with Crippen LogP contribution in [0.2, 0.25) is 0 Å². The van der Waals surface area contributed by atoms with Crippen LogP contribution in [-0.4, -0.2) is 11.7 Å². The van der Waals surface area contributed by atoms with E-state index in [1.54, 1.807) is 6.07 Å². The molecule has 128 valence electrons. The number of carbonyl (C=O) groups is 2. The van der Waals surface area contributed by atoms with Crippen molar-refractivity contribution in [2.45, 2.75) is 53.4 Å². The summed E-state index contributed by atoms with van der Waals surface area (Å²) in [7, 11) is 0. The van der Waals surface area contributed by atoms with Crippen LogP contribution in [-0.2, 0) is 4.79 Å². The SMILES string of the molecule is CC(C)=CCCC1(CCC=C(C)C)C(=O)Nc2ccccc2C1=O. The number of hydrogen-bond donors (Lipinski definition) is 1. The fourth-order valence-electron chi connectivity index (χ4n) is 3.19. The van der Waals surface area contributed by atoms with Crippen LogP contribution < -0.4 is 5.32 Å². The first-order chi connectivity index (χ1) is 11.4. The van der Waals surface area contributed by atoms with Gasteiger partial charge in [-0.1, -0.05) is 35.4 Å². The Labute approximate surface area is 144 Å². The Bertz CT molecular complexity index is 668. The first-order valence-corrected chi connectivity index (χ1v) is 8.59. The van der Waals surface area contributed by atoms with Crippen molar-refractivity contribution >= 4 is 17.4 Å². The molecule has 2 rings (SSSR count). The zero-order chi connectivity index (χ0) is 17.7. The van der Waals surface area contributed by atoms with Crippen LogP contribution in [0.5, 0.6) is 0 Å². The van der Waals surface area contributed by atoms with Crippen LogP contribution in [0.15, 0.2) is 47.6 Å². The van der Waals surface area contributed by atoms with Gasteiger partial charge in [-0.25, -0.2) is 0 Å². The molecule has 3 heteroatoms. The van der Waals surface area contributed by atoms with E-state index in [0.717, 1.165) is 12.8 Å². The summed E-state index contributed by atoms with van der Waals surface area (Å²) in [4.78, 5) is 26.1. The van der Waals surface area contributed by atoms with Gasteiger partial charge in [-0.2, -0.15) is 0 Å². The molecule has 24 heavy (non-hydrogen) atoms. The van der Waals surface area contributed by atoms with E-state index in [1.807, 2.05) is 45.9 Å². The number of hydrogen-bond acceptors (Lipinski definition) is 2. The van der Waals surface area contributed by atoms with Gasteiger partial charge in [0.1, 0.15) is 5.41 Å². The lowest BCUT2D eigenvalue weighted by atomic mass is 9.70. The molecule has 3 nitrogen and oxygen atoms in total. The van der Waals surface area contributed by atoms with Gasteiger partial charge in [0, 0.05) is 5.56 Å². The van der Waals surface area contributed by atoms with Crippen molar-refractivity contribution in [3.63, 3.8) is 0 Å². The molecule has 1 aliphatic heterocycles. The maximum absolute atomic E-state index is 13.2. The number of anilines is 1. The molecule has 0 spiro atoms. The summed E-state index contributed by atoms with van der Waals surface area (Å²) in [5.74, 6) is -0.193. The summed E-state index contributed by atoms with van der Waals surface area (Å²) < 4.78 is 0. The van der Waals surface area contributed by atoms with Gasteiger partial charge in [0.2, 0.25) is 5.91 Å². The summed E-state index contributed by atoms with van der Waals surface area (Å²) in [5, 5.41) is 2.96. The Balaban J connectivity index is 2.36. The number of ketones is 1. The number of benzene rings is 1. The summed E-state index contributed by atoms with van der Waals surface area (Å²) in [6, 6.07) is 7.30. The highest BCUT2D eigenvalue weighted by molar-refractivity contribution is 6.23. The lowest BCUT2D eigenvalue weighted by molar-refractivity contribution is -0.124. The van der Waals surface area contributed by atoms with Gasteiger partial charge in [0.15, 0.2) is 5.78 Å². The predicted octanol–water partition coefficient (Wildman–Crippen LogP) is 5.30. The maximum atomic E-state index is 13.2. The minimum Gasteiger partial charge on any atom is -0.325 e. The van der Waals surface area contributed by atoms with E-state index < -0.39 is 5.41 Å². The molecule has 0 atom stereocenters. The van der Waals surface area contributed by atoms with E-state index >= 15 is 0 Å². The zero-order valence-electron chi connectivity index (χ0n) is 15.1. The van der Waals surface area contributed by atoms with Crippen LogP contribution >= 0.6 is 0 Å². The molecule has 0 saturated heterocycles. The molecule has 1 aromatic rings. The number of nitrogens with one attached hydrogen (secondary N) is 1. The van der Waals surface area contributed by atoms with Crippen molar-refractivity contribution < 1.29 is 9.59 Å². The largest absolute Gasteiger partial charge is 0.325 e. The number of amides is 1. The molecule has 1 N–H and O–H groups in total. The topological polar surface area (TPSA) is 46.2 Å². The van der Waals surface area contributed by atoms with E-state index in [-0.39, 0.29) is 11.7 Å². The number of carbonyl (C=O) groups excluding carboxylic acids is 2. The standard InChI is InChI=1S/C21H27NO2/c1-15(2)9-7-13-21(14-8-10-16(3)4)19(23)17-11-5-6-12-18(17)22-20(21)24/h5-6,9-12H,7-8,13-14H2,1-4H3,(H,22,24). The summed E-state index contributed by atoms with van der Waals surface area (Å²) in [6.45, 7) is 8.14. The molecular weight excluding hydrogens is 298 g/mol. The van der Waals surface area contributed by atoms with Crippen molar-refractivity contribution in [3.05, 3.63) is 53.1 Å². The van der Waals surface area contributed by atoms with Gasteiger partial charge >= 0.3 is 0 Å². The van der Waals surface area contributed by atoms with Crippen LogP contribution in [0.4, 0.5) is 5.69 Å². The van der Waals surface area contributed by atoms with E-state index in [9.17, 15) is 9.59 Å². The number of rotatable bonds is 6. The van der Waals surface area contributed by atoms with E-state index in [4.69, 9.17) is 0 Å². The molecule has 0 radical (unpaired) electrons.